The van der Waals surface area contributed by atoms with Crippen LogP contribution in [0.25, 0.3) is 0 Å². The number of benzene rings is 1. The molecule has 1 aromatic carbocycles. The highest BCUT2D eigenvalue weighted by atomic mass is 16.5. The van der Waals surface area contributed by atoms with Crippen LogP contribution in [0.2, 0.25) is 0 Å². The Bertz CT molecular complexity index is 427. The van der Waals surface area contributed by atoms with Crippen molar-refractivity contribution in [1.29, 1.82) is 0 Å². The van der Waals surface area contributed by atoms with Crippen LogP contribution < -0.4 is 10.5 Å². The van der Waals surface area contributed by atoms with Gasteiger partial charge in [0.15, 0.2) is 0 Å². The van der Waals surface area contributed by atoms with Crippen molar-refractivity contribution in [2.24, 2.45) is 5.73 Å². The highest BCUT2D eigenvalue weighted by Gasteiger charge is 2.12. The number of nitrogens with two attached hydrogens (primary N) is 1. The van der Waals surface area contributed by atoms with Crippen molar-refractivity contribution in [2.75, 3.05) is 20.7 Å². The van der Waals surface area contributed by atoms with Gasteiger partial charge in [-0.05, 0) is 76.0 Å². The van der Waals surface area contributed by atoms with E-state index in [2.05, 4.69) is 45.7 Å². The Labute approximate surface area is 117 Å². The maximum atomic E-state index is 5.81. The summed E-state index contributed by atoms with van der Waals surface area (Å²) in [5, 5.41) is 0. The van der Waals surface area contributed by atoms with E-state index in [1.54, 1.807) is 7.11 Å². The zero-order valence-electron chi connectivity index (χ0n) is 13.2. The molecule has 1 unspecified atom stereocenters. The predicted molar refractivity (Wildman–Crippen MR) is 81.8 cm³/mol. The van der Waals surface area contributed by atoms with Crippen molar-refractivity contribution in [1.82, 2.24) is 4.90 Å². The lowest BCUT2D eigenvalue weighted by molar-refractivity contribution is 0.312. The van der Waals surface area contributed by atoms with Crippen LogP contribution in [-0.2, 0) is 6.54 Å². The normalized spacial score (nSPS) is 12.8. The van der Waals surface area contributed by atoms with Gasteiger partial charge < -0.3 is 15.4 Å². The molecule has 0 radical (unpaired) electrons. The molecule has 0 saturated heterocycles. The Kier molecular flexibility index (Phi) is 5.83. The number of rotatable bonds is 6. The summed E-state index contributed by atoms with van der Waals surface area (Å²) >= 11 is 0. The summed E-state index contributed by atoms with van der Waals surface area (Å²) < 4.78 is 5.42. The Morgan fingerprint density at radius 2 is 1.89 bits per heavy atom. The molecule has 0 fully saturated rings. The van der Waals surface area contributed by atoms with E-state index >= 15 is 0 Å². The van der Waals surface area contributed by atoms with E-state index in [1.165, 1.54) is 22.3 Å². The maximum absolute atomic E-state index is 5.81. The van der Waals surface area contributed by atoms with Crippen LogP contribution in [0.5, 0.6) is 5.75 Å². The fourth-order valence-electron chi connectivity index (χ4n) is 2.33. The Morgan fingerprint density at radius 1 is 1.26 bits per heavy atom. The summed E-state index contributed by atoms with van der Waals surface area (Å²) in [5.74, 6) is 0.983. The highest BCUT2D eigenvalue weighted by Crippen LogP contribution is 2.28. The van der Waals surface area contributed by atoms with E-state index in [4.69, 9.17) is 10.5 Å². The number of hydrogen-bond acceptors (Lipinski definition) is 3. The van der Waals surface area contributed by atoms with E-state index in [0.29, 0.717) is 0 Å². The third kappa shape index (κ3) is 4.22. The predicted octanol–water partition coefficient (Wildman–Crippen LogP) is 2.79. The SMILES string of the molecule is COc1cc(C)c(CN(C)CCC(C)N)c(C)c1C. The van der Waals surface area contributed by atoms with Crippen molar-refractivity contribution in [2.45, 2.75) is 46.7 Å². The number of aryl methyl sites for hydroxylation is 1. The summed E-state index contributed by atoms with van der Waals surface area (Å²) in [6.07, 6.45) is 1.03. The van der Waals surface area contributed by atoms with E-state index < -0.39 is 0 Å². The molecule has 0 amide bonds. The summed E-state index contributed by atoms with van der Waals surface area (Å²) in [6, 6.07) is 2.40. The molecule has 0 aliphatic rings. The van der Waals surface area contributed by atoms with Gasteiger partial charge in [-0.2, -0.15) is 0 Å². The van der Waals surface area contributed by atoms with Crippen LogP contribution in [0, 0.1) is 20.8 Å². The van der Waals surface area contributed by atoms with E-state index in [0.717, 1.165) is 25.3 Å². The molecule has 3 nitrogen and oxygen atoms in total. The van der Waals surface area contributed by atoms with Gasteiger partial charge >= 0.3 is 0 Å². The maximum Gasteiger partial charge on any atom is 0.122 e. The monoisotopic (exact) mass is 264 g/mol. The van der Waals surface area contributed by atoms with Crippen molar-refractivity contribution in [3.05, 3.63) is 28.3 Å². The third-order valence-corrected chi connectivity index (χ3v) is 3.82. The van der Waals surface area contributed by atoms with Crippen LogP contribution in [0.15, 0.2) is 6.07 Å². The lowest BCUT2D eigenvalue weighted by atomic mass is 9.97. The summed E-state index contributed by atoms with van der Waals surface area (Å²) in [5.41, 5.74) is 11.1. The van der Waals surface area contributed by atoms with Crippen molar-refractivity contribution in [3.63, 3.8) is 0 Å². The van der Waals surface area contributed by atoms with E-state index in [1.807, 2.05) is 0 Å². The van der Waals surface area contributed by atoms with Gasteiger partial charge in [0.25, 0.3) is 0 Å². The van der Waals surface area contributed by atoms with Gasteiger partial charge in [-0.1, -0.05) is 0 Å². The average molecular weight is 264 g/mol. The lowest BCUT2D eigenvalue weighted by Crippen LogP contribution is -2.26. The molecule has 0 aliphatic heterocycles. The topological polar surface area (TPSA) is 38.5 Å². The second-order valence-electron chi connectivity index (χ2n) is 5.63. The van der Waals surface area contributed by atoms with Gasteiger partial charge in [0.05, 0.1) is 7.11 Å². The number of nitrogens with zero attached hydrogens (tertiary/aromatic N) is 1. The summed E-state index contributed by atoms with van der Waals surface area (Å²) in [4.78, 5) is 2.34. The minimum absolute atomic E-state index is 0.266. The Balaban J connectivity index is 2.86. The molecule has 1 rings (SSSR count). The van der Waals surface area contributed by atoms with Crippen molar-refractivity contribution >= 4 is 0 Å². The van der Waals surface area contributed by atoms with Crippen LogP contribution in [0.4, 0.5) is 0 Å². The molecule has 0 heterocycles. The van der Waals surface area contributed by atoms with Crippen LogP contribution in [0.1, 0.15) is 35.6 Å². The van der Waals surface area contributed by atoms with Gasteiger partial charge in [0.1, 0.15) is 5.75 Å². The first kappa shape index (κ1) is 16.0. The second kappa shape index (κ2) is 6.92. The molecule has 0 aromatic heterocycles. The zero-order valence-corrected chi connectivity index (χ0v) is 13.2. The molecule has 0 aliphatic carbocycles. The average Bonchev–Trinajstić information content (AvgIpc) is 2.36. The highest BCUT2D eigenvalue weighted by molar-refractivity contribution is 5.48. The first-order valence-corrected chi connectivity index (χ1v) is 6.94. The van der Waals surface area contributed by atoms with Gasteiger partial charge in [-0.15, -0.1) is 0 Å². The molecule has 0 saturated carbocycles. The molecule has 2 N–H and O–H groups in total. The fourth-order valence-corrected chi connectivity index (χ4v) is 2.33. The van der Waals surface area contributed by atoms with E-state index in [9.17, 15) is 0 Å². The number of ether oxygens (including phenoxy) is 1. The van der Waals surface area contributed by atoms with Crippen LogP contribution in [-0.4, -0.2) is 31.6 Å². The number of methoxy groups -OCH3 is 1. The Hall–Kier alpha value is -1.06. The van der Waals surface area contributed by atoms with E-state index in [-0.39, 0.29) is 6.04 Å². The molecule has 1 aromatic rings. The lowest BCUT2D eigenvalue weighted by Gasteiger charge is -2.22. The quantitative estimate of drug-likeness (QED) is 0.858. The molecular formula is C16H28N2O. The minimum Gasteiger partial charge on any atom is -0.496 e. The summed E-state index contributed by atoms with van der Waals surface area (Å²) in [6.45, 7) is 10.5. The smallest absolute Gasteiger partial charge is 0.122 e. The van der Waals surface area contributed by atoms with Crippen LogP contribution >= 0.6 is 0 Å². The first-order chi connectivity index (χ1) is 8.86. The fraction of sp³-hybridized carbons (Fsp3) is 0.625. The minimum atomic E-state index is 0.266. The molecular weight excluding hydrogens is 236 g/mol. The van der Waals surface area contributed by atoms with Crippen molar-refractivity contribution in [3.8, 4) is 5.75 Å². The number of hydrogen-bond donors (Lipinski definition) is 1. The van der Waals surface area contributed by atoms with Gasteiger partial charge in [-0.25, -0.2) is 0 Å². The first-order valence-electron chi connectivity index (χ1n) is 6.94. The molecule has 0 spiro atoms. The summed E-state index contributed by atoms with van der Waals surface area (Å²) in [7, 11) is 3.89. The van der Waals surface area contributed by atoms with Gasteiger partial charge in [-0.3, -0.25) is 0 Å². The molecule has 0 bridgehead atoms. The van der Waals surface area contributed by atoms with Gasteiger partial charge in [0.2, 0.25) is 0 Å². The standard InChI is InChI=1S/C16H28N2O/c1-11-9-16(19-6)14(4)13(3)15(11)10-18(5)8-7-12(2)17/h9,12H,7-8,10,17H2,1-6H3. The molecule has 108 valence electrons. The molecule has 1 atom stereocenters. The Morgan fingerprint density at radius 3 is 2.42 bits per heavy atom. The second-order valence-corrected chi connectivity index (χ2v) is 5.63. The van der Waals surface area contributed by atoms with Gasteiger partial charge in [0, 0.05) is 12.6 Å². The van der Waals surface area contributed by atoms with Crippen molar-refractivity contribution < 1.29 is 4.74 Å². The largest absolute Gasteiger partial charge is 0.496 e. The zero-order chi connectivity index (χ0) is 14.6. The molecule has 3 heteroatoms. The van der Waals surface area contributed by atoms with Crippen LogP contribution in [0.3, 0.4) is 0 Å². The molecule has 19 heavy (non-hydrogen) atoms. The third-order valence-electron chi connectivity index (χ3n) is 3.82.